The molecule has 10 atom stereocenters. The first-order chi connectivity index (χ1) is 16.5. The van der Waals surface area contributed by atoms with E-state index in [1.807, 2.05) is 50.2 Å². The first-order valence-corrected chi connectivity index (χ1v) is 12.8. The highest BCUT2D eigenvalue weighted by Gasteiger charge is 2.81. The molecule has 34 heavy (non-hydrogen) atoms. The van der Waals surface area contributed by atoms with Gasteiger partial charge in [0.15, 0.2) is 5.79 Å². The van der Waals surface area contributed by atoms with E-state index < -0.39 is 11.4 Å². The predicted octanol–water partition coefficient (Wildman–Crippen LogP) is 4.57. The summed E-state index contributed by atoms with van der Waals surface area (Å²) >= 11 is 0. The predicted molar refractivity (Wildman–Crippen MR) is 128 cm³/mol. The zero-order chi connectivity index (χ0) is 23.5. The van der Waals surface area contributed by atoms with Crippen LogP contribution in [0.2, 0.25) is 0 Å². The van der Waals surface area contributed by atoms with Gasteiger partial charge >= 0.3 is 0 Å². The van der Waals surface area contributed by atoms with Gasteiger partial charge < -0.3 is 24.1 Å². The van der Waals surface area contributed by atoms with E-state index in [4.69, 9.17) is 18.9 Å². The van der Waals surface area contributed by atoms with Crippen LogP contribution < -0.4 is 0 Å². The molecule has 1 aliphatic heterocycles. The first kappa shape index (κ1) is 22.7. The first-order valence-electron chi connectivity index (χ1n) is 12.8. The average molecular weight is 465 g/mol. The minimum atomic E-state index is -0.832. The Kier molecular flexibility index (Phi) is 5.62. The van der Waals surface area contributed by atoms with E-state index in [0.29, 0.717) is 19.8 Å². The summed E-state index contributed by atoms with van der Waals surface area (Å²) in [4.78, 5) is 0. The summed E-state index contributed by atoms with van der Waals surface area (Å²) in [6.07, 6.45) is 0.486. The van der Waals surface area contributed by atoms with E-state index >= 15 is 0 Å². The highest BCUT2D eigenvalue weighted by atomic mass is 16.7. The molecule has 0 aromatic heterocycles. The van der Waals surface area contributed by atoms with Gasteiger partial charge in [0.1, 0.15) is 0 Å². The van der Waals surface area contributed by atoms with Gasteiger partial charge in [0, 0.05) is 30.8 Å². The summed E-state index contributed by atoms with van der Waals surface area (Å²) in [7, 11) is 0. The van der Waals surface area contributed by atoms with Gasteiger partial charge in [-0.2, -0.15) is 0 Å². The van der Waals surface area contributed by atoms with Crippen molar-refractivity contribution in [3.8, 4) is 0 Å². The third-order valence-corrected chi connectivity index (χ3v) is 9.07. The van der Waals surface area contributed by atoms with Crippen LogP contribution in [-0.4, -0.2) is 41.4 Å². The molecule has 3 saturated carbocycles. The van der Waals surface area contributed by atoms with Crippen LogP contribution in [0.3, 0.4) is 0 Å². The second-order valence-corrected chi connectivity index (χ2v) is 10.9. The number of hydrogen-bond donors (Lipinski definition) is 1. The fraction of sp³-hybridized carbons (Fsp3) is 0.586. The number of ether oxygens (including phenoxy) is 4. The molecule has 0 spiro atoms. The SMILES string of the molecule is CCO[C@]12C[C@@H]3[C@@H]4[C@H](OCc5ccccc5)[C@@H](C)[C@@H](OCc5ccccc5)[C@H](O1)[C@@H]4[C@H]2C3(C)O. The Hall–Kier alpha value is -1.76. The van der Waals surface area contributed by atoms with Crippen molar-refractivity contribution >= 4 is 0 Å². The molecule has 0 amide bonds. The molecule has 6 rings (SSSR count). The Balaban J connectivity index is 1.33. The van der Waals surface area contributed by atoms with Gasteiger partial charge in [0.25, 0.3) is 0 Å². The Morgan fingerprint density at radius 1 is 0.912 bits per heavy atom. The number of fused-ring (bicyclic) bond motifs is 2. The van der Waals surface area contributed by atoms with Crippen molar-refractivity contribution in [1.82, 2.24) is 0 Å². The van der Waals surface area contributed by atoms with Crippen LogP contribution in [0, 0.1) is 29.6 Å². The van der Waals surface area contributed by atoms with Crippen molar-refractivity contribution in [2.24, 2.45) is 29.6 Å². The van der Waals surface area contributed by atoms with Crippen LogP contribution in [0.15, 0.2) is 60.7 Å². The maximum absolute atomic E-state index is 11.7. The van der Waals surface area contributed by atoms with E-state index in [1.54, 1.807) is 0 Å². The Morgan fingerprint density at radius 2 is 1.50 bits per heavy atom. The normalized spacial score (nSPS) is 44.0. The molecule has 5 nitrogen and oxygen atoms in total. The number of hydrogen-bond acceptors (Lipinski definition) is 5. The number of benzene rings is 2. The second kappa shape index (κ2) is 8.42. The van der Waals surface area contributed by atoms with Crippen molar-refractivity contribution in [3.63, 3.8) is 0 Å². The van der Waals surface area contributed by atoms with Crippen molar-refractivity contribution in [2.75, 3.05) is 6.61 Å². The van der Waals surface area contributed by atoms with Gasteiger partial charge in [0.2, 0.25) is 0 Å². The fourth-order valence-electron chi connectivity index (χ4n) is 7.89. The van der Waals surface area contributed by atoms with Gasteiger partial charge in [0.05, 0.1) is 37.1 Å². The van der Waals surface area contributed by atoms with E-state index in [-0.39, 0.29) is 47.9 Å². The molecular weight excluding hydrogens is 428 g/mol. The summed E-state index contributed by atoms with van der Waals surface area (Å²) in [6, 6.07) is 20.6. The van der Waals surface area contributed by atoms with E-state index in [0.717, 1.165) is 12.0 Å². The molecule has 2 aromatic rings. The fourth-order valence-corrected chi connectivity index (χ4v) is 7.89. The van der Waals surface area contributed by atoms with Crippen LogP contribution in [0.1, 0.15) is 38.3 Å². The van der Waals surface area contributed by atoms with Gasteiger partial charge in [-0.05, 0) is 36.8 Å². The molecule has 4 aliphatic rings. The molecule has 3 aliphatic carbocycles. The van der Waals surface area contributed by atoms with Crippen molar-refractivity contribution in [1.29, 1.82) is 0 Å². The van der Waals surface area contributed by atoms with Crippen molar-refractivity contribution in [2.45, 2.75) is 70.1 Å². The van der Waals surface area contributed by atoms with Crippen molar-refractivity contribution < 1.29 is 24.1 Å². The zero-order valence-electron chi connectivity index (χ0n) is 20.3. The summed E-state index contributed by atoms with van der Waals surface area (Å²) in [5, 5.41) is 11.7. The largest absolute Gasteiger partial charge is 0.389 e. The topological polar surface area (TPSA) is 57.2 Å². The maximum atomic E-state index is 11.7. The molecule has 4 fully saturated rings. The number of rotatable bonds is 8. The van der Waals surface area contributed by atoms with Crippen LogP contribution in [0.4, 0.5) is 0 Å². The lowest BCUT2D eigenvalue weighted by Gasteiger charge is -2.47. The Bertz CT molecular complexity index is 994. The molecule has 5 heteroatoms. The Labute approximate surface area is 202 Å². The maximum Gasteiger partial charge on any atom is 0.175 e. The lowest BCUT2D eigenvalue weighted by Crippen LogP contribution is -2.55. The van der Waals surface area contributed by atoms with Gasteiger partial charge in [-0.3, -0.25) is 0 Å². The molecule has 1 unspecified atom stereocenters. The molecule has 0 radical (unpaired) electrons. The minimum Gasteiger partial charge on any atom is -0.389 e. The smallest absolute Gasteiger partial charge is 0.175 e. The van der Waals surface area contributed by atoms with Gasteiger partial charge in [-0.25, -0.2) is 0 Å². The minimum absolute atomic E-state index is 0.00923. The highest BCUT2D eigenvalue weighted by Crippen LogP contribution is 2.72. The van der Waals surface area contributed by atoms with E-state index in [2.05, 4.69) is 31.2 Å². The molecule has 1 saturated heterocycles. The van der Waals surface area contributed by atoms with Crippen molar-refractivity contribution in [3.05, 3.63) is 71.8 Å². The third-order valence-electron chi connectivity index (χ3n) is 9.07. The van der Waals surface area contributed by atoms with Crippen LogP contribution in [0.5, 0.6) is 0 Å². The molecule has 1 N–H and O–H groups in total. The van der Waals surface area contributed by atoms with Gasteiger partial charge in [-0.1, -0.05) is 67.6 Å². The van der Waals surface area contributed by atoms with Crippen LogP contribution in [0.25, 0.3) is 0 Å². The quantitative estimate of drug-likeness (QED) is 0.620. The van der Waals surface area contributed by atoms with Crippen LogP contribution in [-0.2, 0) is 32.2 Å². The zero-order valence-corrected chi connectivity index (χ0v) is 20.3. The molecule has 2 aromatic carbocycles. The molecule has 1 heterocycles. The molecule has 182 valence electrons. The third kappa shape index (κ3) is 3.32. The summed E-state index contributed by atoms with van der Waals surface area (Å²) in [6.45, 7) is 7.90. The molecule has 2 bridgehead atoms. The standard InChI is InChI=1S/C29H36O5/c1-4-33-29-15-21-22-23(27(29)28(21,3)30)26(34-29)25(32-17-20-13-9-6-10-14-20)18(2)24(22)31-16-19-11-7-5-8-12-19/h5-14,18,21-27,30H,4,15-17H2,1-3H3/t18-,21-,22+,23-,24-,25-,26-,27+,28?,29-/m1/s1. The lowest BCUT2D eigenvalue weighted by atomic mass is 9.64. The highest BCUT2D eigenvalue weighted by molar-refractivity contribution is 5.26. The molecular formula is C29H36O5. The van der Waals surface area contributed by atoms with E-state index in [9.17, 15) is 5.11 Å². The van der Waals surface area contributed by atoms with Crippen LogP contribution >= 0.6 is 0 Å². The second-order valence-electron chi connectivity index (χ2n) is 10.9. The number of aliphatic hydroxyl groups is 1. The average Bonchev–Trinajstić information content (AvgIpc) is 3.33. The summed E-state index contributed by atoms with van der Waals surface area (Å²) < 4.78 is 26.4. The van der Waals surface area contributed by atoms with Gasteiger partial charge in [-0.15, -0.1) is 0 Å². The lowest BCUT2D eigenvalue weighted by molar-refractivity contribution is -0.258. The summed E-state index contributed by atoms with van der Waals surface area (Å²) in [5.41, 5.74) is 1.48. The Morgan fingerprint density at radius 3 is 2.09 bits per heavy atom. The van der Waals surface area contributed by atoms with E-state index in [1.165, 1.54) is 5.56 Å². The summed E-state index contributed by atoms with van der Waals surface area (Å²) in [5.74, 6) is -0.145. The monoisotopic (exact) mass is 464 g/mol.